The van der Waals surface area contributed by atoms with Gasteiger partial charge in [0, 0.05) is 13.1 Å². The molecule has 0 atom stereocenters. The van der Waals surface area contributed by atoms with E-state index in [0.717, 1.165) is 25.7 Å². The fourth-order valence-corrected chi connectivity index (χ4v) is 3.09. The lowest BCUT2D eigenvalue weighted by molar-refractivity contribution is -0.139. The number of thiophene rings is 1. The lowest BCUT2D eigenvalue weighted by Gasteiger charge is -2.12. The van der Waals surface area contributed by atoms with Crippen molar-refractivity contribution >= 4 is 23.2 Å². The Morgan fingerprint density at radius 1 is 1.10 bits per heavy atom. The van der Waals surface area contributed by atoms with Crippen LogP contribution in [0.4, 0.5) is 0 Å². The number of rotatable bonds is 6. The van der Waals surface area contributed by atoms with Crippen LogP contribution >= 0.6 is 11.3 Å². The molecule has 4 nitrogen and oxygen atoms in total. The number of carbonyl (C=O) groups is 2. The van der Waals surface area contributed by atoms with Crippen molar-refractivity contribution < 1.29 is 9.59 Å². The molecule has 114 valence electrons. The third-order valence-corrected chi connectivity index (χ3v) is 4.33. The number of hydrogen-bond donors (Lipinski definition) is 2. The summed E-state index contributed by atoms with van der Waals surface area (Å²) in [6, 6.07) is 2.02. The molecule has 2 rings (SSSR count). The van der Waals surface area contributed by atoms with Crippen molar-refractivity contribution in [1.82, 2.24) is 10.6 Å². The average Bonchev–Trinajstić information content (AvgIpc) is 3.01. The second-order valence-corrected chi connectivity index (χ2v) is 6.03. The molecule has 0 aromatic carbocycles. The van der Waals surface area contributed by atoms with E-state index in [9.17, 15) is 9.59 Å². The van der Waals surface area contributed by atoms with Crippen LogP contribution in [0.2, 0.25) is 0 Å². The topological polar surface area (TPSA) is 58.2 Å². The van der Waals surface area contributed by atoms with Crippen LogP contribution in [0, 0.1) is 0 Å². The van der Waals surface area contributed by atoms with Gasteiger partial charge in [-0.15, -0.1) is 0 Å². The number of allylic oxidation sites excluding steroid dienone is 1. The quantitative estimate of drug-likeness (QED) is 0.626. The molecule has 0 aliphatic heterocycles. The van der Waals surface area contributed by atoms with Gasteiger partial charge >= 0.3 is 11.8 Å². The monoisotopic (exact) mass is 306 g/mol. The summed E-state index contributed by atoms with van der Waals surface area (Å²) in [5.41, 5.74) is 2.59. The van der Waals surface area contributed by atoms with Crippen molar-refractivity contribution in [2.24, 2.45) is 0 Å². The number of hydrogen-bond acceptors (Lipinski definition) is 3. The summed E-state index contributed by atoms with van der Waals surface area (Å²) in [6.45, 7) is 1.04. The van der Waals surface area contributed by atoms with E-state index in [0.29, 0.717) is 13.1 Å². The van der Waals surface area contributed by atoms with Crippen LogP contribution in [0.25, 0.3) is 0 Å². The molecule has 0 fully saturated rings. The highest BCUT2D eigenvalue weighted by Gasteiger charge is 2.12. The second kappa shape index (κ2) is 8.62. The predicted molar refractivity (Wildman–Crippen MR) is 85.2 cm³/mol. The van der Waals surface area contributed by atoms with Crippen LogP contribution in [0.15, 0.2) is 28.5 Å². The van der Waals surface area contributed by atoms with Gasteiger partial charge in [0.15, 0.2) is 0 Å². The third-order valence-electron chi connectivity index (χ3n) is 3.60. The molecule has 0 bridgehead atoms. The van der Waals surface area contributed by atoms with Crippen LogP contribution in [-0.4, -0.2) is 24.9 Å². The van der Waals surface area contributed by atoms with Gasteiger partial charge in [-0.3, -0.25) is 9.59 Å². The zero-order valence-electron chi connectivity index (χ0n) is 12.2. The largest absolute Gasteiger partial charge is 0.348 e. The number of carbonyl (C=O) groups excluding carboxylic acids is 2. The Morgan fingerprint density at radius 2 is 1.86 bits per heavy atom. The smallest absolute Gasteiger partial charge is 0.309 e. The van der Waals surface area contributed by atoms with E-state index in [1.807, 2.05) is 16.8 Å². The van der Waals surface area contributed by atoms with E-state index in [2.05, 4.69) is 16.7 Å². The van der Waals surface area contributed by atoms with Crippen molar-refractivity contribution in [3.63, 3.8) is 0 Å². The standard InChI is InChI=1S/C16H22N2O2S/c19-15(17-9-6-13-4-2-1-3-5-13)16(20)18-10-7-14-8-11-21-12-14/h4,8,11-12H,1-3,5-7,9-10H2,(H,17,19)(H,18,20). The van der Waals surface area contributed by atoms with Gasteiger partial charge in [-0.05, 0) is 60.9 Å². The molecule has 2 N–H and O–H groups in total. The second-order valence-electron chi connectivity index (χ2n) is 5.25. The predicted octanol–water partition coefficient (Wildman–Crippen LogP) is 2.41. The molecule has 2 amide bonds. The van der Waals surface area contributed by atoms with Crippen molar-refractivity contribution in [1.29, 1.82) is 0 Å². The summed E-state index contributed by atoms with van der Waals surface area (Å²) in [5.74, 6) is -1.07. The Morgan fingerprint density at radius 3 is 2.48 bits per heavy atom. The maximum Gasteiger partial charge on any atom is 0.309 e. The molecular weight excluding hydrogens is 284 g/mol. The van der Waals surface area contributed by atoms with E-state index >= 15 is 0 Å². The van der Waals surface area contributed by atoms with E-state index in [1.165, 1.54) is 24.0 Å². The molecule has 0 saturated carbocycles. The molecule has 0 radical (unpaired) electrons. The van der Waals surface area contributed by atoms with Crippen LogP contribution in [0.5, 0.6) is 0 Å². The van der Waals surface area contributed by atoms with Crippen LogP contribution in [0.3, 0.4) is 0 Å². The molecule has 0 spiro atoms. The summed E-state index contributed by atoms with van der Waals surface area (Å²) in [5, 5.41) is 9.38. The average molecular weight is 306 g/mol. The fraction of sp³-hybridized carbons (Fsp3) is 0.500. The molecule has 1 aliphatic rings. The molecule has 1 heterocycles. The van der Waals surface area contributed by atoms with E-state index in [-0.39, 0.29) is 0 Å². The van der Waals surface area contributed by atoms with Crippen molar-refractivity contribution in [3.8, 4) is 0 Å². The zero-order valence-corrected chi connectivity index (χ0v) is 13.0. The van der Waals surface area contributed by atoms with Crippen molar-refractivity contribution in [2.75, 3.05) is 13.1 Å². The summed E-state index contributed by atoms with van der Waals surface area (Å²) in [7, 11) is 0. The molecule has 1 aliphatic carbocycles. The molecule has 1 aromatic rings. The minimum absolute atomic E-state index is 0.494. The van der Waals surface area contributed by atoms with Crippen LogP contribution < -0.4 is 10.6 Å². The first-order chi connectivity index (χ1) is 10.3. The SMILES string of the molecule is O=C(NCCC1=CCCCC1)C(=O)NCCc1ccsc1. The van der Waals surface area contributed by atoms with Crippen molar-refractivity contribution in [2.45, 2.75) is 38.5 Å². The Kier molecular flexibility index (Phi) is 6.47. The van der Waals surface area contributed by atoms with Crippen LogP contribution in [0.1, 0.15) is 37.7 Å². The maximum absolute atomic E-state index is 11.6. The summed E-state index contributed by atoms with van der Waals surface area (Å²) in [4.78, 5) is 23.3. The highest BCUT2D eigenvalue weighted by atomic mass is 32.1. The summed E-state index contributed by atoms with van der Waals surface area (Å²) in [6.07, 6.45) is 8.65. The minimum Gasteiger partial charge on any atom is -0.348 e. The van der Waals surface area contributed by atoms with Gasteiger partial charge in [0.25, 0.3) is 0 Å². The minimum atomic E-state index is -0.539. The first-order valence-electron chi connectivity index (χ1n) is 7.51. The number of amides is 2. The van der Waals surface area contributed by atoms with Gasteiger partial charge in [0.05, 0.1) is 0 Å². The lowest BCUT2D eigenvalue weighted by Crippen LogP contribution is -2.41. The fourth-order valence-electron chi connectivity index (χ4n) is 2.38. The summed E-state index contributed by atoms with van der Waals surface area (Å²) < 4.78 is 0. The highest BCUT2D eigenvalue weighted by molar-refractivity contribution is 7.07. The molecule has 1 aromatic heterocycles. The van der Waals surface area contributed by atoms with Crippen molar-refractivity contribution in [3.05, 3.63) is 34.0 Å². The molecule has 21 heavy (non-hydrogen) atoms. The van der Waals surface area contributed by atoms with Gasteiger partial charge < -0.3 is 10.6 Å². The Balaban J connectivity index is 1.58. The first-order valence-corrected chi connectivity index (χ1v) is 8.45. The third kappa shape index (κ3) is 5.71. The molecular formula is C16H22N2O2S. The van der Waals surface area contributed by atoms with E-state index in [4.69, 9.17) is 0 Å². The number of nitrogens with one attached hydrogen (secondary N) is 2. The Bertz CT molecular complexity index is 494. The molecule has 0 saturated heterocycles. The zero-order chi connectivity index (χ0) is 14.9. The van der Waals surface area contributed by atoms with Gasteiger partial charge in [0.1, 0.15) is 0 Å². The lowest BCUT2D eigenvalue weighted by atomic mass is 9.97. The Labute approximate surface area is 129 Å². The van der Waals surface area contributed by atoms with Gasteiger partial charge in [-0.1, -0.05) is 11.6 Å². The van der Waals surface area contributed by atoms with E-state index in [1.54, 1.807) is 11.3 Å². The van der Waals surface area contributed by atoms with Gasteiger partial charge in [-0.2, -0.15) is 11.3 Å². The van der Waals surface area contributed by atoms with Gasteiger partial charge in [-0.25, -0.2) is 0 Å². The molecule has 0 unspecified atom stereocenters. The van der Waals surface area contributed by atoms with E-state index < -0.39 is 11.8 Å². The maximum atomic E-state index is 11.6. The Hall–Kier alpha value is -1.62. The highest BCUT2D eigenvalue weighted by Crippen LogP contribution is 2.19. The van der Waals surface area contributed by atoms with Gasteiger partial charge in [0.2, 0.25) is 0 Å². The van der Waals surface area contributed by atoms with Crippen LogP contribution in [-0.2, 0) is 16.0 Å². The normalized spacial score (nSPS) is 14.4. The molecule has 5 heteroatoms. The first kappa shape index (κ1) is 15.8. The summed E-state index contributed by atoms with van der Waals surface area (Å²) >= 11 is 1.63.